The van der Waals surface area contributed by atoms with Gasteiger partial charge in [0.25, 0.3) is 0 Å². The first kappa shape index (κ1) is 24.4. The molecule has 0 bridgehead atoms. The lowest BCUT2D eigenvalue weighted by Gasteiger charge is -2.37. The van der Waals surface area contributed by atoms with Crippen LogP contribution in [0.4, 0.5) is 17.6 Å². The van der Waals surface area contributed by atoms with E-state index in [4.69, 9.17) is 14.6 Å². The second-order valence-electron chi connectivity index (χ2n) is 8.81. The average Bonchev–Trinajstić information content (AvgIpc) is 3.51. The first-order valence-corrected chi connectivity index (χ1v) is 10.7. The largest absolute Gasteiger partial charge is 0.490 e. The molecule has 0 radical (unpaired) electrons. The fourth-order valence-corrected chi connectivity index (χ4v) is 4.38. The van der Waals surface area contributed by atoms with Crippen LogP contribution in [-0.2, 0) is 20.9 Å². The Balaban J connectivity index is 0.000000360. The number of carboxylic acids is 1. The second-order valence-corrected chi connectivity index (χ2v) is 8.81. The van der Waals surface area contributed by atoms with Gasteiger partial charge in [-0.2, -0.15) is 13.2 Å². The minimum Gasteiger partial charge on any atom is -0.475 e. The first-order valence-electron chi connectivity index (χ1n) is 10.7. The number of carbonyl (C=O) groups excluding carboxylic acids is 1. The van der Waals surface area contributed by atoms with Crippen LogP contribution in [0, 0.1) is 23.1 Å². The fraction of sp³-hybridized carbons (Fsp3) is 0.636. The van der Waals surface area contributed by atoms with E-state index in [1.807, 2.05) is 12.1 Å². The summed E-state index contributed by atoms with van der Waals surface area (Å²) in [5, 5.41) is 10.3. The molecule has 2 saturated heterocycles. The molecule has 1 atom stereocenters. The normalized spacial score (nSPS) is 22.8. The molecule has 32 heavy (non-hydrogen) atoms. The number of rotatable bonds is 5. The van der Waals surface area contributed by atoms with Gasteiger partial charge in [0.2, 0.25) is 5.91 Å². The molecule has 4 rings (SSSR count). The minimum absolute atomic E-state index is 0.0336. The quantitative estimate of drug-likeness (QED) is 0.660. The van der Waals surface area contributed by atoms with Gasteiger partial charge in [0.1, 0.15) is 5.82 Å². The number of carboxylic acid groups (broad SMARTS) is 1. The summed E-state index contributed by atoms with van der Waals surface area (Å²) in [4.78, 5) is 24.1. The van der Waals surface area contributed by atoms with Gasteiger partial charge in [-0.15, -0.1) is 0 Å². The van der Waals surface area contributed by atoms with E-state index in [2.05, 4.69) is 10.2 Å². The number of amides is 1. The number of alkyl halides is 3. The maximum Gasteiger partial charge on any atom is 0.490 e. The van der Waals surface area contributed by atoms with Crippen molar-refractivity contribution in [2.75, 3.05) is 32.8 Å². The molecule has 10 heteroatoms. The second kappa shape index (κ2) is 10.2. The molecule has 3 fully saturated rings. The molecule has 1 aromatic rings. The van der Waals surface area contributed by atoms with E-state index >= 15 is 0 Å². The Morgan fingerprint density at radius 3 is 2.28 bits per heavy atom. The van der Waals surface area contributed by atoms with Gasteiger partial charge in [0.15, 0.2) is 0 Å². The van der Waals surface area contributed by atoms with Crippen molar-refractivity contribution in [3.63, 3.8) is 0 Å². The van der Waals surface area contributed by atoms with Gasteiger partial charge in [0, 0.05) is 44.8 Å². The molecule has 178 valence electrons. The van der Waals surface area contributed by atoms with Crippen molar-refractivity contribution in [3.8, 4) is 0 Å². The lowest BCUT2D eigenvalue weighted by Crippen LogP contribution is -2.44. The fourth-order valence-electron chi connectivity index (χ4n) is 4.38. The molecule has 1 saturated carbocycles. The Morgan fingerprint density at radius 1 is 1.16 bits per heavy atom. The van der Waals surface area contributed by atoms with E-state index in [0.717, 1.165) is 57.8 Å². The number of nitrogens with one attached hydrogen (secondary N) is 1. The predicted octanol–water partition coefficient (Wildman–Crippen LogP) is 3.21. The third-order valence-corrected chi connectivity index (χ3v) is 6.35. The summed E-state index contributed by atoms with van der Waals surface area (Å²) in [5.74, 6) is -2.01. The van der Waals surface area contributed by atoms with Crippen LogP contribution in [-0.4, -0.2) is 60.9 Å². The molecule has 3 aliphatic rings. The minimum atomic E-state index is -5.08. The summed E-state index contributed by atoms with van der Waals surface area (Å²) in [6.07, 6.45) is -0.676. The van der Waals surface area contributed by atoms with Gasteiger partial charge in [0.05, 0.1) is 5.92 Å². The van der Waals surface area contributed by atoms with Crippen LogP contribution in [0.5, 0.6) is 0 Å². The van der Waals surface area contributed by atoms with E-state index < -0.39 is 12.1 Å². The lowest BCUT2D eigenvalue weighted by molar-refractivity contribution is -0.192. The van der Waals surface area contributed by atoms with Crippen LogP contribution in [0.2, 0.25) is 0 Å². The van der Waals surface area contributed by atoms with Crippen LogP contribution >= 0.6 is 0 Å². The smallest absolute Gasteiger partial charge is 0.475 e. The molecular weight excluding hydrogens is 432 g/mol. The zero-order valence-corrected chi connectivity index (χ0v) is 17.7. The molecule has 1 unspecified atom stereocenters. The standard InChI is InChI=1S/C20H27FN2O2.C2HF3O2/c21-17-5-3-16(4-6-17)12-23-13-18(19(24)22-11-15-1-2-15)20(14-23)7-9-25-10-8-20;3-2(4,5)1(6)7/h3-6,15,18H,1-2,7-14H2,(H,22,24);(H,6,7). The monoisotopic (exact) mass is 460 g/mol. The van der Waals surface area contributed by atoms with E-state index in [-0.39, 0.29) is 23.1 Å². The van der Waals surface area contributed by atoms with Gasteiger partial charge in [-0.25, -0.2) is 9.18 Å². The molecular formula is C22H28F4N2O4. The number of aliphatic carboxylic acids is 1. The summed E-state index contributed by atoms with van der Waals surface area (Å²) in [7, 11) is 0. The number of carbonyl (C=O) groups is 2. The molecule has 0 aromatic heterocycles. The van der Waals surface area contributed by atoms with Crippen LogP contribution in [0.1, 0.15) is 31.2 Å². The summed E-state index contributed by atoms with van der Waals surface area (Å²) in [6, 6.07) is 6.70. The van der Waals surface area contributed by atoms with Crippen LogP contribution < -0.4 is 5.32 Å². The van der Waals surface area contributed by atoms with Gasteiger partial charge >= 0.3 is 12.1 Å². The Bertz CT molecular complexity index is 790. The van der Waals surface area contributed by atoms with Gasteiger partial charge in [-0.05, 0) is 49.3 Å². The summed E-state index contributed by atoms with van der Waals surface area (Å²) >= 11 is 0. The van der Waals surface area contributed by atoms with E-state index in [1.54, 1.807) is 0 Å². The number of ether oxygens (including phenoxy) is 1. The van der Waals surface area contributed by atoms with Crippen molar-refractivity contribution in [1.29, 1.82) is 0 Å². The lowest BCUT2D eigenvalue weighted by atomic mass is 9.71. The number of likely N-dealkylation sites (tertiary alicyclic amines) is 1. The Morgan fingerprint density at radius 2 is 1.75 bits per heavy atom. The van der Waals surface area contributed by atoms with Gasteiger partial charge in [-0.1, -0.05) is 12.1 Å². The van der Waals surface area contributed by atoms with Crippen molar-refractivity contribution in [3.05, 3.63) is 35.6 Å². The molecule has 1 aliphatic carbocycles. The molecule has 6 nitrogen and oxygen atoms in total. The highest BCUT2D eigenvalue weighted by atomic mass is 19.4. The number of hydrogen-bond donors (Lipinski definition) is 2. The topological polar surface area (TPSA) is 78.9 Å². The number of benzene rings is 1. The van der Waals surface area contributed by atoms with Crippen LogP contribution in [0.3, 0.4) is 0 Å². The van der Waals surface area contributed by atoms with Crippen LogP contribution in [0.25, 0.3) is 0 Å². The van der Waals surface area contributed by atoms with Crippen LogP contribution in [0.15, 0.2) is 24.3 Å². The molecule has 2 heterocycles. The molecule has 2 aliphatic heterocycles. The van der Waals surface area contributed by atoms with E-state index in [1.165, 1.54) is 25.0 Å². The molecule has 2 N–H and O–H groups in total. The Hall–Kier alpha value is -2.20. The molecule has 1 aromatic carbocycles. The Kier molecular flexibility index (Phi) is 7.76. The maximum absolute atomic E-state index is 13.1. The number of halogens is 4. The maximum atomic E-state index is 13.1. The number of hydrogen-bond acceptors (Lipinski definition) is 4. The zero-order valence-electron chi connectivity index (χ0n) is 17.7. The molecule has 1 spiro atoms. The third-order valence-electron chi connectivity index (χ3n) is 6.35. The summed E-state index contributed by atoms with van der Waals surface area (Å²) < 4.78 is 50.4. The predicted molar refractivity (Wildman–Crippen MR) is 107 cm³/mol. The SMILES string of the molecule is O=C(NCC1CC1)C1CN(Cc2ccc(F)cc2)CC12CCOCC2.O=C(O)C(F)(F)F. The first-order chi connectivity index (χ1) is 15.1. The molecule has 1 amide bonds. The van der Waals surface area contributed by atoms with Crippen molar-refractivity contribution in [2.24, 2.45) is 17.3 Å². The van der Waals surface area contributed by atoms with Crippen molar-refractivity contribution in [2.45, 2.75) is 38.4 Å². The number of nitrogens with zero attached hydrogens (tertiary/aromatic N) is 1. The third kappa shape index (κ3) is 6.65. The zero-order chi connectivity index (χ0) is 23.4. The van der Waals surface area contributed by atoms with E-state index in [9.17, 15) is 22.4 Å². The Labute approximate surface area is 183 Å². The highest BCUT2D eigenvalue weighted by Gasteiger charge is 2.50. The van der Waals surface area contributed by atoms with Crippen molar-refractivity contribution in [1.82, 2.24) is 10.2 Å². The highest BCUT2D eigenvalue weighted by molar-refractivity contribution is 5.80. The van der Waals surface area contributed by atoms with Gasteiger partial charge in [-0.3, -0.25) is 9.69 Å². The van der Waals surface area contributed by atoms with Gasteiger partial charge < -0.3 is 15.2 Å². The summed E-state index contributed by atoms with van der Waals surface area (Å²) in [6.45, 7) is 4.81. The van der Waals surface area contributed by atoms with Crippen molar-refractivity contribution < 1.29 is 37.0 Å². The summed E-state index contributed by atoms with van der Waals surface area (Å²) in [5.41, 5.74) is 1.13. The highest BCUT2D eigenvalue weighted by Crippen LogP contribution is 2.45. The average molecular weight is 460 g/mol. The van der Waals surface area contributed by atoms with Crippen molar-refractivity contribution >= 4 is 11.9 Å². The van der Waals surface area contributed by atoms with E-state index in [0.29, 0.717) is 5.92 Å².